The number of hydrogen-bond donors (Lipinski definition) is 0. The van der Waals surface area contributed by atoms with Crippen LogP contribution in [0.25, 0.3) is 0 Å². The van der Waals surface area contributed by atoms with Gasteiger partial charge in [0.2, 0.25) is 0 Å². The number of nitro groups is 2. The van der Waals surface area contributed by atoms with Crippen LogP contribution in [0.5, 0.6) is 0 Å². The summed E-state index contributed by atoms with van der Waals surface area (Å²) in [6.45, 7) is 4.58. The fourth-order valence-electron chi connectivity index (χ4n) is 1.56. The van der Waals surface area contributed by atoms with Crippen molar-refractivity contribution in [3.8, 4) is 0 Å². The Kier molecular flexibility index (Phi) is 7.06. The van der Waals surface area contributed by atoms with E-state index < -0.39 is 16.1 Å². The maximum atomic E-state index is 11.0. The lowest BCUT2D eigenvalue weighted by molar-refractivity contribution is -0.396. The Morgan fingerprint density at radius 2 is 1.76 bits per heavy atom. The van der Waals surface area contributed by atoms with E-state index in [9.17, 15) is 20.2 Å². The molecule has 0 amide bonds. The van der Waals surface area contributed by atoms with E-state index >= 15 is 0 Å². The molecule has 0 N–H and O–H groups in total. The minimum Gasteiger partial charge on any atom is -0.352 e. The molecule has 8 nitrogen and oxygen atoms in total. The molecule has 1 rings (SSSR count). The molecule has 0 aliphatic heterocycles. The van der Waals surface area contributed by atoms with Gasteiger partial charge in [0.15, 0.2) is 6.29 Å². The average molecular weight is 316 g/mol. The Hall–Kier alpha value is -1.71. The van der Waals surface area contributed by atoms with Crippen LogP contribution >= 0.6 is 11.8 Å². The Labute approximate surface area is 125 Å². The molecule has 0 atom stereocenters. The quantitative estimate of drug-likeness (QED) is 0.298. The molecule has 0 fully saturated rings. The molecule has 0 aromatic heterocycles. The largest absolute Gasteiger partial charge is 0.352 e. The van der Waals surface area contributed by atoms with Crippen molar-refractivity contribution in [2.45, 2.75) is 25.0 Å². The summed E-state index contributed by atoms with van der Waals surface area (Å²) in [5, 5.41) is 21.7. The van der Waals surface area contributed by atoms with Gasteiger partial charge in [-0.05, 0) is 19.9 Å². The van der Waals surface area contributed by atoms with E-state index in [0.717, 1.165) is 6.07 Å². The monoisotopic (exact) mass is 316 g/mol. The minimum absolute atomic E-state index is 0.291. The summed E-state index contributed by atoms with van der Waals surface area (Å²) in [6, 6.07) is 3.57. The maximum Gasteiger partial charge on any atom is 0.289 e. The lowest BCUT2D eigenvalue weighted by atomic mass is 10.3. The molecule has 9 heteroatoms. The number of nitro benzene ring substituents is 2. The number of hydrogen-bond acceptors (Lipinski definition) is 7. The standard InChI is InChI=1S/C12H16N2O6S/c1-3-19-12(20-4-2)8-21-11-6-5-9(13(15)16)7-10(11)14(17)18/h5-7,12H,3-4,8H2,1-2H3. The first-order valence-corrected chi connectivity index (χ1v) is 7.27. The first-order valence-electron chi connectivity index (χ1n) is 6.28. The van der Waals surface area contributed by atoms with E-state index in [1.54, 1.807) is 0 Å². The van der Waals surface area contributed by atoms with Gasteiger partial charge in [-0.25, -0.2) is 0 Å². The summed E-state index contributed by atoms with van der Waals surface area (Å²) in [5.41, 5.74) is -0.599. The van der Waals surface area contributed by atoms with Gasteiger partial charge in [-0.1, -0.05) is 0 Å². The van der Waals surface area contributed by atoms with Crippen LogP contribution in [-0.2, 0) is 9.47 Å². The number of ether oxygens (including phenoxy) is 2. The highest BCUT2D eigenvalue weighted by molar-refractivity contribution is 7.99. The third kappa shape index (κ3) is 5.29. The fraction of sp³-hybridized carbons (Fsp3) is 0.500. The molecular weight excluding hydrogens is 300 g/mol. The molecule has 1 aromatic rings. The van der Waals surface area contributed by atoms with Gasteiger partial charge in [0, 0.05) is 25.0 Å². The van der Waals surface area contributed by atoms with Crippen LogP contribution in [0.4, 0.5) is 11.4 Å². The van der Waals surface area contributed by atoms with Gasteiger partial charge in [-0.3, -0.25) is 20.2 Å². The van der Waals surface area contributed by atoms with Gasteiger partial charge in [0.25, 0.3) is 11.4 Å². The van der Waals surface area contributed by atoms with E-state index in [2.05, 4.69) is 0 Å². The molecule has 0 bridgehead atoms. The van der Waals surface area contributed by atoms with E-state index in [-0.39, 0.29) is 11.4 Å². The predicted molar refractivity (Wildman–Crippen MR) is 77.5 cm³/mol. The van der Waals surface area contributed by atoms with Gasteiger partial charge < -0.3 is 9.47 Å². The summed E-state index contributed by atoms with van der Waals surface area (Å²) < 4.78 is 10.7. The second-order valence-electron chi connectivity index (χ2n) is 3.82. The van der Waals surface area contributed by atoms with E-state index in [4.69, 9.17) is 9.47 Å². The molecule has 0 radical (unpaired) electrons. The van der Waals surface area contributed by atoms with E-state index in [1.807, 2.05) is 13.8 Å². The number of non-ortho nitro benzene ring substituents is 1. The lowest BCUT2D eigenvalue weighted by Crippen LogP contribution is -2.20. The van der Waals surface area contributed by atoms with Crippen molar-refractivity contribution in [3.63, 3.8) is 0 Å². The zero-order valence-electron chi connectivity index (χ0n) is 11.7. The Balaban J connectivity index is 2.86. The Morgan fingerprint density at radius 1 is 1.14 bits per heavy atom. The Morgan fingerprint density at radius 3 is 2.24 bits per heavy atom. The summed E-state index contributed by atoms with van der Waals surface area (Å²) in [4.78, 5) is 20.7. The zero-order valence-corrected chi connectivity index (χ0v) is 12.5. The average Bonchev–Trinajstić information content (AvgIpc) is 2.44. The number of benzene rings is 1. The summed E-state index contributed by atoms with van der Waals surface area (Å²) >= 11 is 1.17. The molecular formula is C12H16N2O6S. The topological polar surface area (TPSA) is 105 Å². The fourth-order valence-corrected chi connectivity index (χ4v) is 2.51. The van der Waals surface area contributed by atoms with Gasteiger partial charge in [0.1, 0.15) is 0 Å². The van der Waals surface area contributed by atoms with Crippen molar-refractivity contribution in [2.24, 2.45) is 0 Å². The summed E-state index contributed by atoms with van der Waals surface area (Å²) in [7, 11) is 0. The molecule has 0 saturated heterocycles. The first kappa shape index (κ1) is 17.3. The molecule has 0 spiro atoms. The van der Waals surface area contributed by atoms with E-state index in [0.29, 0.717) is 23.9 Å². The number of nitrogens with zero attached hydrogens (tertiary/aromatic N) is 2. The molecule has 0 unspecified atom stereocenters. The van der Waals surface area contributed by atoms with Crippen LogP contribution in [0, 0.1) is 20.2 Å². The second kappa shape index (κ2) is 8.55. The van der Waals surface area contributed by atoms with Crippen LogP contribution in [0.2, 0.25) is 0 Å². The Bertz CT molecular complexity index is 505. The van der Waals surface area contributed by atoms with Crippen molar-refractivity contribution in [1.29, 1.82) is 0 Å². The van der Waals surface area contributed by atoms with E-state index in [1.165, 1.54) is 23.9 Å². The van der Waals surface area contributed by atoms with Crippen LogP contribution < -0.4 is 0 Å². The van der Waals surface area contributed by atoms with Crippen molar-refractivity contribution < 1.29 is 19.3 Å². The molecule has 0 aliphatic rings. The molecule has 21 heavy (non-hydrogen) atoms. The lowest BCUT2D eigenvalue weighted by Gasteiger charge is -2.16. The molecule has 116 valence electrons. The zero-order chi connectivity index (χ0) is 15.8. The molecule has 0 aliphatic carbocycles. The third-order valence-corrected chi connectivity index (χ3v) is 3.53. The number of rotatable bonds is 9. The predicted octanol–water partition coefficient (Wildman–Crippen LogP) is 2.99. The van der Waals surface area contributed by atoms with Crippen molar-refractivity contribution in [1.82, 2.24) is 0 Å². The summed E-state index contributed by atoms with van der Waals surface area (Å²) in [5.74, 6) is 0.361. The maximum absolute atomic E-state index is 11.0. The van der Waals surface area contributed by atoms with Crippen molar-refractivity contribution >= 4 is 23.1 Å². The third-order valence-electron chi connectivity index (χ3n) is 2.43. The molecule has 1 aromatic carbocycles. The van der Waals surface area contributed by atoms with Gasteiger partial charge in [0.05, 0.1) is 20.8 Å². The highest BCUT2D eigenvalue weighted by atomic mass is 32.2. The van der Waals surface area contributed by atoms with Crippen LogP contribution in [0.15, 0.2) is 23.1 Å². The van der Waals surface area contributed by atoms with Crippen molar-refractivity contribution in [3.05, 3.63) is 38.4 Å². The highest BCUT2D eigenvalue weighted by Crippen LogP contribution is 2.33. The van der Waals surface area contributed by atoms with Gasteiger partial charge in [-0.15, -0.1) is 11.8 Å². The van der Waals surface area contributed by atoms with Crippen LogP contribution in [0.3, 0.4) is 0 Å². The van der Waals surface area contributed by atoms with Crippen molar-refractivity contribution in [2.75, 3.05) is 19.0 Å². The second-order valence-corrected chi connectivity index (χ2v) is 4.88. The first-order chi connectivity index (χ1) is 9.99. The van der Waals surface area contributed by atoms with Crippen LogP contribution in [-0.4, -0.2) is 35.1 Å². The SMILES string of the molecule is CCOC(CSc1ccc([N+](=O)[O-])cc1[N+](=O)[O-])OCC. The molecule has 0 saturated carbocycles. The highest BCUT2D eigenvalue weighted by Gasteiger charge is 2.21. The van der Waals surface area contributed by atoms with Gasteiger partial charge in [-0.2, -0.15) is 0 Å². The normalized spacial score (nSPS) is 10.8. The smallest absolute Gasteiger partial charge is 0.289 e. The van der Waals surface area contributed by atoms with Gasteiger partial charge >= 0.3 is 0 Å². The summed E-state index contributed by atoms with van der Waals surface area (Å²) in [6.07, 6.45) is -0.472. The minimum atomic E-state index is -0.662. The number of thioether (sulfide) groups is 1. The van der Waals surface area contributed by atoms with Crippen LogP contribution in [0.1, 0.15) is 13.8 Å². The molecule has 0 heterocycles.